The van der Waals surface area contributed by atoms with Crippen molar-refractivity contribution < 1.29 is 14.3 Å². The summed E-state index contributed by atoms with van der Waals surface area (Å²) in [7, 11) is 0. The monoisotopic (exact) mass is 349 g/mol. The first-order chi connectivity index (χ1) is 11.5. The van der Waals surface area contributed by atoms with Crippen molar-refractivity contribution in [3.8, 4) is 0 Å². The van der Waals surface area contributed by atoms with E-state index in [1.165, 1.54) is 12.5 Å². The molecule has 0 spiro atoms. The summed E-state index contributed by atoms with van der Waals surface area (Å²) >= 11 is 5.81. The van der Waals surface area contributed by atoms with Crippen LogP contribution in [0, 0.1) is 5.92 Å². The zero-order valence-corrected chi connectivity index (χ0v) is 14.9. The first-order valence-electron chi connectivity index (χ1n) is 8.40. The molecule has 3 atom stereocenters. The minimum atomic E-state index is -0.804. The Labute approximate surface area is 148 Å². The first-order valence-corrected chi connectivity index (χ1v) is 8.78. The average Bonchev–Trinajstić information content (AvgIpc) is 2.56. The van der Waals surface area contributed by atoms with Crippen molar-refractivity contribution in [1.29, 1.82) is 0 Å². The Balaban J connectivity index is 1.81. The van der Waals surface area contributed by atoms with E-state index in [1.54, 1.807) is 37.3 Å². The Kier molecular flexibility index (Phi) is 6.85. The number of ether oxygens (including phenoxy) is 1. The number of benzene rings is 1. The lowest BCUT2D eigenvalue weighted by atomic mass is 9.86. The van der Waals surface area contributed by atoms with Gasteiger partial charge in [0, 0.05) is 17.1 Å². The van der Waals surface area contributed by atoms with E-state index in [4.69, 9.17) is 16.3 Å². The molecule has 0 aromatic heterocycles. The van der Waals surface area contributed by atoms with Crippen LogP contribution in [0.2, 0.25) is 5.02 Å². The van der Waals surface area contributed by atoms with E-state index < -0.39 is 12.1 Å². The number of rotatable bonds is 5. The van der Waals surface area contributed by atoms with Crippen LogP contribution >= 0.6 is 11.6 Å². The van der Waals surface area contributed by atoms with E-state index in [-0.39, 0.29) is 11.9 Å². The summed E-state index contributed by atoms with van der Waals surface area (Å²) in [5.74, 6) is -0.304. The first kappa shape index (κ1) is 18.5. The Morgan fingerprint density at radius 1 is 1.25 bits per heavy atom. The van der Waals surface area contributed by atoms with Crippen LogP contribution in [0.4, 0.5) is 0 Å². The van der Waals surface area contributed by atoms with Crippen molar-refractivity contribution in [3.63, 3.8) is 0 Å². The molecule has 1 aromatic carbocycles. The topological polar surface area (TPSA) is 55.4 Å². The summed E-state index contributed by atoms with van der Waals surface area (Å²) in [4.78, 5) is 24.0. The van der Waals surface area contributed by atoms with E-state index in [1.807, 2.05) is 0 Å². The number of esters is 1. The van der Waals surface area contributed by atoms with Crippen LogP contribution in [-0.2, 0) is 14.3 Å². The fourth-order valence-corrected chi connectivity index (χ4v) is 2.96. The lowest BCUT2D eigenvalue weighted by molar-refractivity contribution is -0.150. The number of hydrogen-bond acceptors (Lipinski definition) is 3. The molecular weight excluding hydrogens is 326 g/mol. The Morgan fingerprint density at radius 2 is 1.92 bits per heavy atom. The van der Waals surface area contributed by atoms with Gasteiger partial charge in [0.1, 0.15) is 0 Å². The van der Waals surface area contributed by atoms with Crippen molar-refractivity contribution in [3.05, 3.63) is 40.9 Å². The molecule has 1 amide bonds. The van der Waals surface area contributed by atoms with Gasteiger partial charge in [-0.15, -0.1) is 0 Å². The Morgan fingerprint density at radius 3 is 2.58 bits per heavy atom. The minimum Gasteiger partial charge on any atom is -0.449 e. The predicted octanol–water partition coefficient (Wildman–Crippen LogP) is 3.98. The maximum absolute atomic E-state index is 12.2. The minimum absolute atomic E-state index is 0.178. The molecule has 1 saturated carbocycles. The van der Waals surface area contributed by atoms with Crippen LogP contribution in [0.25, 0.3) is 6.08 Å². The smallest absolute Gasteiger partial charge is 0.331 e. The average molecular weight is 350 g/mol. The van der Waals surface area contributed by atoms with Crippen LogP contribution in [0.3, 0.4) is 0 Å². The zero-order valence-electron chi connectivity index (χ0n) is 14.1. The number of hydrogen-bond donors (Lipinski definition) is 1. The molecule has 1 aliphatic carbocycles. The summed E-state index contributed by atoms with van der Waals surface area (Å²) < 4.78 is 5.17. The standard InChI is InChI=1S/C19H24ClNO3/c1-13-5-3-4-6-17(13)21-19(23)14(2)24-18(22)12-9-15-7-10-16(20)11-8-15/h7-14,17H,3-6H2,1-2H3,(H,21,23)/b12-9+/t13-,14+,17-/m0/s1. The second kappa shape index (κ2) is 8.88. The molecule has 1 aromatic rings. The molecule has 5 heteroatoms. The van der Waals surface area contributed by atoms with Gasteiger partial charge in [0.2, 0.25) is 0 Å². The molecule has 1 fully saturated rings. The van der Waals surface area contributed by atoms with Gasteiger partial charge in [-0.1, -0.05) is 43.5 Å². The molecular formula is C19H24ClNO3. The fourth-order valence-electron chi connectivity index (χ4n) is 2.84. The van der Waals surface area contributed by atoms with E-state index in [2.05, 4.69) is 12.2 Å². The maximum atomic E-state index is 12.2. The van der Waals surface area contributed by atoms with Gasteiger partial charge < -0.3 is 10.1 Å². The van der Waals surface area contributed by atoms with Gasteiger partial charge in [0.05, 0.1) is 0 Å². The normalized spacial score (nSPS) is 22.1. The van der Waals surface area contributed by atoms with Crippen molar-refractivity contribution in [1.82, 2.24) is 5.32 Å². The zero-order chi connectivity index (χ0) is 17.5. The quantitative estimate of drug-likeness (QED) is 0.646. The highest BCUT2D eigenvalue weighted by Crippen LogP contribution is 2.23. The molecule has 24 heavy (non-hydrogen) atoms. The Bertz CT molecular complexity index is 597. The second-order valence-electron chi connectivity index (χ2n) is 6.34. The molecule has 0 bridgehead atoms. The summed E-state index contributed by atoms with van der Waals surface area (Å²) in [6, 6.07) is 7.26. The predicted molar refractivity (Wildman–Crippen MR) is 95.6 cm³/mol. The number of amides is 1. The molecule has 0 heterocycles. The molecule has 0 unspecified atom stereocenters. The second-order valence-corrected chi connectivity index (χ2v) is 6.78. The molecule has 1 N–H and O–H groups in total. The van der Waals surface area contributed by atoms with E-state index in [9.17, 15) is 9.59 Å². The number of carbonyl (C=O) groups excluding carboxylic acids is 2. The van der Waals surface area contributed by atoms with E-state index >= 15 is 0 Å². The van der Waals surface area contributed by atoms with Gasteiger partial charge in [-0.05, 0) is 49.5 Å². The third kappa shape index (κ3) is 5.68. The fraction of sp³-hybridized carbons (Fsp3) is 0.474. The maximum Gasteiger partial charge on any atom is 0.331 e. The third-order valence-electron chi connectivity index (χ3n) is 4.38. The largest absolute Gasteiger partial charge is 0.449 e. The van der Waals surface area contributed by atoms with Crippen molar-refractivity contribution in [2.75, 3.05) is 0 Å². The summed E-state index contributed by atoms with van der Waals surface area (Å²) in [6.45, 7) is 3.74. The highest BCUT2D eigenvalue weighted by atomic mass is 35.5. The van der Waals surface area contributed by atoms with Crippen LogP contribution < -0.4 is 5.32 Å². The summed E-state index contributed by atoms with van der Waals surface area (Å²) in [6.07, 6.45) is 6.61. The van der Waals surface area contributed by atoms with Gasteiger partial charge >= 0.3 is 5.97 Å². The highest BCUT2D eigenvalue weighted by molar-refractivity contribution is 6.30. The van der Waals surface area contributed by atoms with Crippen LogP contribution in [-0.4, -0.2) is 24.0 Å². The molecule has 1 aliphatic rings. The van der Waals surface area contributed by atoms with Gasteiger partial charge in [-0.25, -0.2) is 4.79 Å². The molecule has 2 rings (SSSR count). The van der Waals surface area contributed by atoms with Crippen LogP contribution in [0.15, 0.2) is 30.3 Å². The molecule has 0 radical (unpaired) electrons. The van der Waals surface area contributed by atoms with Crippen LogP contribution in [0.1, 0.15) is 45.1 Å². The van der Waals surface area contributed by atoms with E-state index in [0.717, 1.165) is 24.8 Å². The lowest BCUT2D eigenvalue weighted by Gasteiger charge is -2.30. The van der Waals surface area contributed by atoms with Crippen molar-refractivity contribution in [2.24, 2.45) is 5.92 Å². The van der Waals surface area contributed by atoms with Gasteiger partial charge in [0.15, 0.2) is 6.10 Å². The van der Waals surface area contributed by atoms with Crippen LogP contribution in [0.5, 0.6) is 0 Å². The Hall–Kier alpha value is -1.81. The van der Waals surface area contributed by atoms with Gasteiger partial charge in [0.25, 0.3) is 5.91 Å². The van der Waals surface area contributed by atoms with Gasteiger partial charge in [-0.3, -0.25) is 4.79 Å². The third-order valence-corrected chi connectivity index (χ3v) is 4.64. The number of halogens is 1. The molecule has 0 aliphatic heterocycles. The SMILES string of the molecule is C[C@@H](OC(=O)/C=C/c1ccc(Cl)cc1)C(=O)N[C@H]1CCCC[C@@H]1C. The molecule has 4 nitrogen and oxygen atoms in total. The molecule has 0 saturated heterocycles. The van der Waals surface area contributed by atoms with Gasteiger partial charge in [-0.2, -0.15) is 0 Å². The number of nitrogens with one attached hydrogen (secondary N) is 1. The number of carbonyl (C=O) groups is 2. The summed E-state index contributed by atoms with van der Waals surface area (Å²) in [5.41, 5.74) is 0.837. The van der Waals surface area contributed by atoms with Crippen molar-refractivity contribution >= 4 is 29.6 Å². The lowest BCUT2D eigenvalue weighted by Crippen LogP contribution is -2.45. The summed E-state index contributed by atoms with van der Waals surface area (Å²) in [5, 5.41) is 3.63. The van der Waals surface area contributed by atoms with E-state index in [0.29, 0.717) is 10.9 Å². The molecule has 130 valence electrons. The highest BCUT2D eigenvalue weighted by Gasteiger charge is 2.25. The van der Waals surface area contributed by atoms with Crippen molar-refractivity contribution in [2.45, 2.75) is 51.7 Å².